The highest BCUT2D eigenvalue weighted by atomic mass is 32.2. The normalized spacial score (nSPS) is 31.7. The lowest BCUT2D eigenvalue weighted by Crippen LogP contribution is -2.52. The molecule has 0 N–H and O–H groups in total. The summed E-state index contributed by atoms with van der Waals surface area (Å²) in [4.78, 5) is 5.39. The number of benzene rings is 1. The number of hydrogen-bond acceptors (Lipinski definition) is 4. The Labute approximate surface area is 139 Å². The van der Waals surface area contributed by atoms with Crippen molar-refractivity contribution in [1.29, 1.82) is 0 Å². The first-order chi connectivity index (χ1) is 11.0. The minimum Gasteiger partial charge on any atom is -0.368 e. The molecule has 1 aromatic rings. The summed E-state index contributed by atoms with van der Waals surface area (Å²) in [7, 11) is -3.17. The van der Waals surface area contributed by atoms with E-state index < -0.39 is 9.84 Å². The highest BCUT2D eigenvalue weighted by Gasteiger charge is 2.42. The summed E-state index contributed by atoms with van der Waals surface area (Å²) in [5, 5.41) is 0. The summed E-state index contributed by atoms with van der Waals surface area (Å²) < 4.78 is 24.0. The first-order valence-electron chi connectivity index (χ1n) is 8.80. The van der Waals surface area contributed by atoms with Gasteiger partial charge < -0.3 is 4.90 Å². The molecular weight excluding hydrogens is 308 g/mol. The van der Waals surface area contributed by atoms with Crippen molar-refractivity contribution in [2.24, 2.45) is 11.8 Å². The van der Waals surface area contributed by atoms with Crippen LogP contribution in [-0.2, 0) is 9.84 Å². The first-order valence-corrected chi connectivity index (χ1v) is 10.7. The molecule has 3 fully saturated rings. The van der Waals surface area contributed by atoms with Gasteiger partial charge in [-0.3, -0.25) is 4.90 Å². The highest BCUT2D eigenvalue weighted by molar-refractivity contribution is 7.90. The lowest BCUT2D eigenvalue weighted by molar-refractivity contribution is 0.135. The number of nitrogens with zero attached hydrogens (tertiary/aromatic N) is 2. The largest absolute Gasteiger partial charge is 0.368 e. The molecule has 4 rings (SSSR count). The van der Waals surface area contributed by atoms with Crippen LogP contribution in [-0.4, -0.2) is 51.8 Å². The van der Waals surface area contributed by atoms with E-state index in [0.717, 1.165) is 49.7 Å². The molecule has 0 spiro atoms. The summed E-state index contributed by atoms with van der Waals surface area (Å²) in [5.41, 5.74) is 0.877. The average Bonchev–Trinajstić information content (AvgIpc) is 3.17. The molecule has 5 heteroatoms. The molecule has 0 aromatic heterocycles. The molecule has 4 nitrogen and oxygen atoms in total. The molecule has 3 unspecified atom stereocenters. The minimum atomic E-state index is -3.17. The molecular formula is C18H26N2O2S. The quantitative estimate of drug-likeness (QED) is 0.851. The van der Waals surface area contributed by atoms with Gasteiger partial charge >= 0.3 is 0 Å². The second-order valence-corrected chi connectivity index (χ2v) is 9.49. The van der Waals surface area contributed by atoms with E-state index in [1.807, 2.05) is 18.2 Å². The van der Waals surface area contributed by atoms with Gasteiger partial charge in [0.2, 0.25) is 0 Å². The van der Waals surface area contributed by atoms with Gasteiger partial charge in [0.1, 0.15) is 0 Å². The molecule has 0 amide bonds. The summed E-state index contributed by atoms with van der Waals surface area (Å²) in [6.07, 6.45) is 7.01. The van der Waals surface area contributed by atoms with Crippen LogP contribution in [0.25, 0.3) is 0 Å². The molecule has 23 heavy (non-hydrogen) atoms. The Morgan fingerprint density at radius 3 is 2.35 bits per heavy atom. The second kappa shape index (κ2) is 5.78. The zero-order valence-corrected chi connectivity index (χ0v) is 14.6. The van der Waals surface area contributed by atoms with Crippen molar-refractivity contribution < 1.29 is 8.42 Å². The fourth-order valence-corrected chi connectivity index (χ4v) is 5.89. The summed E-state index contributed by atoms with van der Waals surface area (Å²) >= 11 is 0. The summed E-state index contributed by atoms with van der Waals surface area (Å²) in [6.45, 7) is 3.98. The van der Waals surface area contributed by atoms with Gasteiger partial charge in [0.05, 0.1) is 10.6 Å². The third-order valence-corrected chi connectivity index (χ3v) is 7.23. The third-order valence-electron chi connectivity index (χ3n) is 6.09. The van der Waals surface area contributed by atoms with Gasteiger partial charge in [-0.15, -0.1) is 0 Å². The molecule has 1 aliphatic heterocycles. The monoisotopic (exact) mass is 334 g/mol. The van der Waals surface area contributed by atoms with Gasteiger partial charge in [-0.2, -0.15) is 0 Å². The molecule has 3 atom stereocenters. The third kappa shape index (κ3) is 2.89. The SMILES string of the molecule is CS(=O)(=O)c1ccccc1N1CCN(C2CC3CCC2C3)CC1. The summed E-state index contributed by atoms with van der Waals surface area (Å²) in [5.74, 6) is 1.91. The molecule has 2 saturated carbocycles. The van der Waals surface area contributed by atoms with Crippen molar-refractivity contribution in [3.8, 4) is 0 Å². The second-order valence-electron chi connectivity index (χ2n) is 7.51. The maximum absolute atomic E-state index is 12.0. The number of anilines is 1. The Hall–Kier alpha value is -1.07. The Morgan fingerprint density at radius 2 is 1.74 bits per heavy atom. The Morgan fingerprint density at radius 1 is 1.00 bits per heavy atom. The summed E-state index contributed by atoms with van der Waals surface area (Å²) in [6, 6.07) is 8.22. The van der Waals surface area contributed by atoms with Gasteiger partial charge in [-0.05, 0) is 43.2 Å². The Balaban J connectivity index is 1.46. The van der Waals surface area contributed by atoms with E-state index >= 15 is 0 Å². The molecule has 2 bridgehead atoms. The van der Waals surface area contributed by atoms with E-state index in [1.54, 1.807) is 6.07 Å². The Bertz CT molecular complexity index is 680. The van der Waals surface area contributed by atoms with Crippen molar-refractivity contribution >= 4 is 15.5 Å². The maximum Gasteiger partial charge on any atom is 0.177 e. The predicted octanol–water partition coefficient (Wildman–Crippen LogP) is 2.40. The van der Waals surface area contributed by atoms with Crippen LogP contribution in [0.3, 0.4) is 0 Å². The average molecular weight is 334 g/mol. The van der Waals surface area contributed by atoms with E-state index in [1.165, 1.54) is 31.9 Å². The molecule has 1 saturated heterocycles. The van der Waals surface area contributed by atoms with Crippen LogP contribution < -0.4 is 4.90 Å². The van der Waals surface area contributed by atoms with E-state index in [4.69, 9.17) is 0 Å². The highest BCUT2D eigenvalue weighted by Crippen LogP contribution is 2.46. The van der Waals surface area contributed by atoms with Crippen molar-refractivity contribution in [2.75, 3.05) is 37.3 Å². The first kappa shape index (κ1) is 15.5. The van der Waals surface area contributed by atoms with Crippen molar-refractivity contribution in [2.45, 2.75) is 36.6 Å². The van der Waals surface area contributed by atoms with Crippen LogP contribution in [0, 0.1) is 11.8 Å². The molecule has 0 radical (unpaired) electrons. The fourth-order valence-electron chi connectivity index (χ4n) is 4.98. The van der Waals surface area contributed by atoms with E-state index in [2.05, 4.69) is 9.80 Å². The number of sulfone groups is 1. The van der Waals surface area contributed by atoms with Gasteiger partial charge in [0.15, 0.2) is 9.84 Å². The number of rotatable bonds is 3. The van der Waals surface area contributed by atoms with Crippen LogP contribution in [0.2, 0.25) is 0 Å². The molecule has 2 aliphatic carbocycles. The van der Waals surface area contributed by atoms with Gasteiger partial charge in [-0.25, -0.2) is 8.42 Å². The molecule has 1 aromatic carbocycles. The van der Waals surface area contributed by atoms with E-state index in [9.17, 15) is 8.42 Å². The van der Waals surface area contributed by atoms with Gasteiger partial charge in [0.25, 0.3) is 0 Å². The fraction of sp³-hybridized carbons (Fsp3) is 0.667. The zero-order chi connectivity index (χ0) is 16.0. The lowest BCUT2D eigenvalue weighted by atomic mass is 9.93. The minimum absolute atomic E-state index is 0.466. The molecule has 1 heterocycles. The van der Waals surface area contributed by atoms with Gasteiger partial charge in [0, 0.05) is 38.5 Å². The predicted molar refractivity (Wildman–Crippen MR) is 92.6 cm³/mol. The number of hydrogen-bond donors (Lipinski definition) is 0. The smallest absolute Gasteiger partial charge is 0.177 e. The van der Waals surface area contributed by atoms with Crippen LogP contribution in [0.1, 0.15) is 25.7 Å². The molecule has 3 aliphatic rings. The molecule has 126 valence electrons. The lowest BCUT2D eigenvalue weighted by Gasteiger charge is -2.42. The number of fused-ring (bicyclic) bond motifs is 2. The van der Waals surface area contributed by atoms with E-state index in [-0.39, 0.29) is 0 Å². The van der Waals surface area contributed by atoms with Crippen molar-refractivity contribution in [3.63, 3.8) is 0 Å². The Kier molecular flexibility index (Phi) is 3.88. The number of piperazine rings is 1. The van der Waals surface area contributed by atoms with Crippen LogP contribution in [0.15, 0.2) is 29.2 Å². The van der Waals surface area contributed by atoms with Crippen LogP contribution in [0.4, 0.5) is 5.69 Å². The van der Waals surface area contributed by atoms with Gasteiger partial charge in [-0.1, -0.05) is 18.6 Å². The van der Waals surface area contributed by atoms with Crippen molar-refractivity contribution in [3.05, 3.63) is 24.3 Å². The van der Waals surface area contributed by atoms with Crippen LogP contribution >= 0.6 is 0 Å². The van der Waals surface area contributed by atoms with Crippen LogP contribution in [0.5, 0.6) is 0 Å². The number of para-hydroxylation sites is 1. The van der Waals surface area contributed by atoms with E-state index in [0.29, 0.717) is 4.90 Å². The van der Waals surface area contributed by atoms with Crippen molar-refractivity contribution in [1.82, 2.24) is 4.90 Å². The maximum atomic E-state index is 12.0. The zero-order valence-electron chi connectivity index (χ0n) is 13.8. The standard InChI is InChI=1S/C18H26N2O2S/c1-23(21,22)18-5-3-2-4-16(18)19-8-10-20(11-9-19)17-13-14-6-7-15(17)12-14/h2-5,14-15,17H,6-13H2,1H3. The topological polar surface area (TPSA) is 40.6 Å².